The topological polar surface area (TPSA) is 68.8 Å². The fraction of sp³-hybridized carbons (Fsp3) is 0.167. The van der Waals surface area contributed by atoms with Crippen LogP contribution in [0.2, 0.25) is 0 Å². The van der Waals surface area contributed by atoms with Gasteiger partial charge >= 0.3 is 0 Å². The minimum absolute atomic E-state index is 0.207. The summed E-state index contributed by atoms with van der Waals surface area (Å²) >= 11 is 5.25. The van der Waals surface area contributed by atoms with Gasteiger partial charge in [-0.15, -0.1) is 0 Å². The maximum atomic E-state index is 12.4. The van der Waals surface area contributed by atoms with Gasteiger partial charge in [0.1, 0.15) is 23.9 Å². The van der Waals surface area contributed by atoms with Crippen LogP contribution in [0.4, 0.5) is 5.69 Å². The maximum absolute atomic E-state index is 12.4. The fourth-order valence-corrected chi connectivity index (χ4v) is 2.84. The Morgan fingerprint density at radius 2 is 1.48 bits per heavy atom. The zero-order chi connectivity index (χ0) is 21.9. The number of carbonyl (C=O) groups excluding carboxylic acids is 1. The number of ether oxygens (including phenoxy) is 3. The summed E-state index contributed by atoms with van der Waals surface area (Å²) in [6.45, 7) is 3.57. The molecule has 0 fully saturated rings. The van der Waals surface area contributed by atoms with Gasteiger partial charge in [-0.2, -0.15) is 0 Å². The number of hydrogen-bond donors (Lipinski definition) is 2. The zero-order valence-corrected chi connectivity index (χ0v) is 18.0. The number of amides is 1. The minimum Gasteiger partial charge on any atom is -0.491 e. The van der Waals surface area contributed by atoms with Crippen molar-refractivity contribution >= 4 is 28.9 Å². The van der Waals surface area contributed by atoms with E-state index in [-0.39, 0.29) is 11.0 Å². The quantitative estimate of drug-likeness (QED) is 0.363. The maximum Gasteiger partial charge on any atom is 0.257 e. The molecule has 0 aliphatic carbocycles. The van der Waals surface area contributed by atoms with Gasteiger partial charge in [-0.1, -0.05) is 18.2 Å². The Balaban J connectivity index is 1.47. The first-order valence-corrected chi connectivity index (χ1v) is 10.3. The van der Waals surface area contributed by atoms with Crippen LogP contribution in [0.1, 0.15) is 17.3 Å². The number of thiocarbonyl (C=S) groups is 1. The van der Waals surface area contributed by atoms with Crippen LogP contribution >= 0.6 is 12.2 Å². The summed E-state index contributed by atoms with van der Waals surface area (Å²) in [7, 11) is 0. The molecule has 0 unspecified atom stereocenters. The van der Waals surface area contributed by atoms with E-state index < -0.39 is 0 Å². The summed E-state index contributed by atoms with van der Waals surface area (Å²) < 4.78 is 16.5. The lowest BCUT2D eigenvalue weighted by Crippen LogP contribution is -2.34. The average molecular weight is 437 g/mol. The molecule has 0 spiro atoms. The van der Waals surface area contributed by atoms with E-state index in [0.29, 0.717) is 36.9 Å². The van der Waals surface area contributed by atoms with Crippen molar-refractivity contribution in [1.29, 1.82) is 0 Å². The van der Waals surface area contributed by atoms with E-state index in [2.05, 4.69) is 10.6 Å². The van der Waals surface area contributed by atoms with E-state index in [4.69, 9.17) is 26.4 Å². The molecule has 1 amide bonds. The third kappa shape index (κ3) is 7.40. The molecule has 0 heterocycles. The minimum atomic E-state index is -0.303. The standard InChI is InChI=1S/C24H24N2O4S/c1-2-28-16-17-29-20-12-8-18(9-13-20)23(27)26-24(31)25-19-10-14-22(15-11-19)30-21-6-4-3-5-7-21/h3-15H,2,16-17H2,1H3,(H2,25,26,27,31). The Labute approximate surface area is 187 Å². The molecular formula is C24H24N2O4S. The summed E-state index contributed by atoms with van der Waals surface area (Å²) in [6, 6.07) is 23.7. The second-order valence-electron chi connectivity index (χ2n) is 6.42. The second kappa shape index (κ2) is 11.7. The summed E-state index contributed by atoms with van der Waals surface area (Å²) in [4.78, 5) is 12.4. The van der Waals surface area contributed by atoms with Gasteiger partial charge in [0, 0.05) is 17.9 Å². The van der Waals surface area contributed by atoms with Crippen LogP contribution in [0.25, 0.3) is 0 Å². The van der Waals surface area contributed by atoms with Crippen molar-refractivity contribution in [2.24, 2.45) is 0 Å². The predicted octanol–water partition coefficient (Wildman–Crippen LogP) is 5.02. The highest BCUT2D eigenvalue weighted by Gasteiger charge is 2.08. The smallest absolute Gasteiger partial charge is 0.257 e. The number of hydrogen-bond acceptors (Lipinski definition) is 5. The first kappa shape index (κ1) is 22.3. The van der Waals surface area contributed by atoms with E-state index in [1.165, 1.54) is 0 Å². The SMILES string of the molecule is CCOCCOc1ccc(C(=O)NC(=S)Nc2ccc(Oc3ccccc3)cc2)cc1. The largest absolute Gasteiger partial charge is 0.491 e. The molecule has 3 aromatic carbocycles. The Morgan fingerprint density at radius 3 is 2.16 bits per heavy atom. The summed E-state index contributed by atoms with van der Waals surface area (Å²) in [5, 5.41) is 5.87. The van der Waals surface area contributed by atoms with Gasteiger partial charge in [0.05, 0.1) is 6.61 Å². The van der Waals surface area contributed by atoms with E-state index in [1.807, 2.05) is 61.5 Å². The highest BCUT2D eigenvalue weighted by Crippen LogP contribution is 2.22. The number of carbonyl (C=O) groups is 1. The van der Waals surface area contributed by atoms with Crippen molar-refractivity contribution in [2.45, 2.75) is 6.92 Å². The second-order valence-corrected chi connectivity index (χ2v) is 6.83. The average Bonchev–Trinajstić information content (AvgIpc) is 2.79. The number of anilines is 1. The highest BCUT2D eigenvalue weighted by atomic mass is 32.1. The fourth-order valence-electron chi connectivity index (χ4n) is 2.63. The Morgan fingerprint density at radius 1 is 0.839 bits per heavy atom. The van der Waals surface area contributed by atoms with Crippen molar-refractivity contribution in [3.05, 3.63) is 84.4 Å². The van der Waals surface area contributed by atoms with Crippen molar-refractivity contribution in [1.82, 2.24) is 5.32 Å². The molecule has 160 valence electrons. The van der Waals surface area contributed by atoms with Gasteiger partial charge in [0.15, 0.2) is 5.11 Å². The molecule has 3 rings (SSSR count). The highest BCUT2D eigenvalue weighted by molar-refractivity contribution is 7.80. The zero-order valence-electron chi connectivity index (χ0n) is 17.2. The van der Waals surface area contributed by atoms with Gasteiger partial charge in [0.2, 0.25) is 0 Å². The lowest BCUT2D eigenvalue weighted by molar-refractivity contribution is 0.0977. The van der Waals surface area contributed by atoms with E-state index in [0.717, 1.165) is 11.4 Å². The van der Waals surface area contributed by atoms with Crippen molar-refractivity contribution in [3.8, 4) is 17.2 Å². The molecule has 0 bridgehead atoms. The number of benzene rings is 3. The molecule has 0 aliphatic rings. The summed E-state index contributed by atoms with van der Waals surface area (Å²) in [6.07, 6.45) is 0. The van der Waals surface area contributed by atoms with Crippen LogP contribution in [-0.2, 0) is 4.74 Å². The van der Waals surface area contributed by atoms with Crippen molar-refractivity contribution < 1.29 is 19.0 Å². The molecular weight excluding hydrogens is 412 g/mol. The van der Waals surface area contributed by atoms with Crippen LogP contribution in [0.5, 0.6) is 17.2 Å². The molecule has 0 saturated carbocycles. The Bertz CT molecular complexity index is 977. The number of para-hydroxylation sites is 1. The molecule has 7 heteroatoms. The van der Waals surface area contributed by atoms with Crippen LogP contribution in [0, 0.1) is 0 Å². The van der Waals surface area contributed by atoms with Crippen molar-refractivity contribution in [3.63, 3.8) is 0 Å². The van der Waals surface area contributed by atoms with E-state index in [9.17, 15) is 4.79 Å². The predicted molar refractivity (Wildman–Crippen MR) is 125 cm³/mol. The van der Waals surface area contributed by atoms with Gasteiger partial charge in [-0.05, 0) is 79.8 Å². The van der Waals surface area contributed by atoms with Crippen LogP contribution in [0.15, 0.2) is 78.9 Å². The van der Waals surface area contributed by atoms with E-state index in [1.54, 1.807) is 24.3 Å². The van der Waals surface area contributed by atoms with Crippen LogP contribution in [0.3, 0.4) is 0 Å². The van der Waals surface area contributed by atoms with Crippen LogP contribution in [-0.4, -0.2) is 30.8 Å². The molecule has 2 N–H and O–H groups in total. The molecule has 0 radical (unpaired) electrons. The molecule has 0 aromatic heterocycles. The molecule has 0 aliphatic heterocycles. The third-order valence-electron chi connectivity index (χ3n) is 4.14. The lowest BCUT2D eigenvalue weighted by atomic mass is 10.2. The Kier molecular flexibility index (Phi) is 8.39. The number of nitrogens with one attached hydrogen (secondary N) is 2. The summed E-state index contributed by atoms with van der Waals surface area (Å²) in [5.74, 6) is 1.84. The van der Waals surface area contributed by atoms with Gasteiger partial charge in [-0.3, -0.25) is 10.1 Å². The van der Waals surface area contributed by atoms with E-state index >= 15 is 0 Å². The third-order valence-corrected chi connectivity index (χ3v) is 4.34. The van der Waals surface area contributed by atoms with Gasteiger partial charge in [-0.25, -0.2) is 0 Å². The molecule has 3 aromatic rings. The monoisotopic (exact) mass is 436 g/mol. The first-order valence-electron chi connectivity index (χ1n) is 9.90. The first-order chi connectivity index (χ1) is 15.1. The molecule has 6 nitrogen and oxygen atoms in total. The summed E-state index contributed by atoms with van der Waals surface area (Å²) in [5.41, 5.74) is 1.22. The van der Waals surface area contributed by atoms with Gasteiger partial charge in [0.25, 0.3) is 5.91 Å². The lowest BCUT2D eigenvalue weighted by Gasteiger charge is -2.11. The number of rotatable bonds is 9. The molecule has 0 atom stereocenters. The Hall–Kier alpha value is -3.42. The van der Waals surface area contributed by atoms with Gasteiger partial charge < -0.3 is 19.5 Å². The normalized spacial score (nSPS) is 10.2. The molecule has 0 saturated heterocycles. The molecule has 31 heavy (non-hydrogen) atoms. The van der Waals surface area contributed by atoms with Crippen LogP contribution < -0.4 is 20.1 Å². The van der Waals surface area contributed by atoms with Crippen molar-refractivity contribution in [2.75, 3.05) is 25.1 Å².